The number of benzene rings is 1. The minimum Gasteiger partial charge on any atom is -0.361 e. The Balaban J connectivity index is 1.72. The maximum Gasteiger partial charge on any atom is 0.276 e. The van der Waals surface area contributed by atoms with Gasteiger partial charge in [0.1, 0.15) is 0 Å². The smallest absolute Gasteiger partial charge is 0.276 e. The molecule has 7 heteroatoms. The Hall–Kier alpha value is -1.41. The van der Waals surface area contributed by atoms with Gasteiger partial charge in [-0.1, -0.05) is 19.1 Å². The Morgan fingerprint density at radius 2 is 2.20 bits per heavy atom. The highest BCUT2D eigenvalue weighted by atomic mass is 32.2. The van der Waals surface area contributed by atoms with E-state index in [2.05, 4.69) is 50.6 Å². The summed E-state index contributed by atoms with van der Waals surface area (Å²) in [5, 5.41) is 1.34. The van der Waals surface area contributed by atoms with Crippen molar-refractivity contribution in [2.45, 2.75) is 44.2 Å². The summed E-state index contributed by atoms with van der Waals surface area (Å²) in [4.78, 5) is 5.87. The lowest BCUT2D eigenvalue weighted by Gasteiger charge is -2.47. The lowest BCUT2D eigenvalue weighted by atomic mass is 9.74. The van der Waals surface area contributed by atoms with E-state index in [-0.39, 0.29) is 6.04 Å². The van der Waals surface area contributed by atoms with Gasteiger partial charge in [0.2, 0.25) is 0 Å². The minimum atomic E-state index is -3.43. The van der Waals surface area contributed by atoms with Crippen molar-refractivity contribution in [3.05, 3.63) is 35.5 Å². The van der Waals surface area contributed by atoms with Crippen LogP contribution in [0.1, 0.15) is 36.8 Å². The molecule has 0 radical (unpaired) electrons. The first-order valence-corrected chi connectivity index (χ1v) is 10.5. The largest absolute Gasteiger partial charge is 0.361 e. The summed E-state index contributed by atoms with van der Waals surface area (Å²) < 4.78 is 29.2. The monoisotopic (exact) mass is 362 g/mol. The lowest BCUT2D eigenvalue weighted by molar-refractivity contribution is 0.106. The van der Waals surface area contributed by atoms with E-state index in [0.717, 1.165) is 32.4 Å². The molecule has 3 atom stereocenters. The highest BCUT2D eigenvalue weighted by Gasteiger charge is 2.41. The number of hydrogen-bond acceptors (Lipinski definition) is 3. The van der Waals surface area contributed by atoms with Crippen LogP contribution in [-0.4, -0.2) is 50.5 Å². The van der Waals surface area contributed by atoms with Gasteiger partial charge in [-0.3, -0.25) is 4.90 Å². The second kappa shape index (κ2) is 6.39. The van der Waals surface area contributed by atoms with Gasteiger partial charge in [-0.05, 0) is 43.0 Å². The lowest BCUT2D eigenvalue weighted by Crippen LogP contribution is -2.57. The Bertz CT molecular complexity index is 876. The molecule has 4 rings (SSSR count). The number of fused-ring (bicyclic) bond motifs is 2. The molecule has 25 heavy (non-hydrogen) atoms. The number of hydrogen-bond donors (Lipinski definition) is 3. The summed E-state index contributed by atoms with van der Waals surface area (Å²) in [6.45, 7) is 3.95. The second-order valence-electron chi connectivity index (χ2n) is 7.21. The predicted molar refractivity (Wildman–Crippen MR) is 99.9 cm³/mol. The fourth-order valence-electron chi connectivity index (χ4n) is 4.71. The van der Waals surface area contributed by atoms with E-state index in [1.165, 1.54) is 29.1 Å². The van der Waals surface area contributed by atoms with Crippen LogP contribution in [0.4, 0.5) is 0 Å². The van der Waals surface area contributed by atoms with Crippen LogP contribution in [0.5, 0.6) is 0 Å². The molecule has 0 spiro atoms. The highest BCUT2D eigenvalue weighted by molar-refractivity contribution is 7.87. The maximum absolute atomic E-state index is 12.0. The van der Waals surface area contributed by atoms with Crippen LogP contribution < -0.4 is 9.44 Å². The van der Waals surface area contributed by atoms with E-state index in [1.807, 2.05) is 0 Å². The average Bonchev–Trinajstić information content (AvgIpc) is 3.00. The summed E-state index contributed by atoms with van der Waals surface area (Å²) in [6.07, 6.45) is 5.09. The van der Waals surface area contributed by atoms with Crippen LogP contribution in [0.3, 0.4) is 0 Å². The normalized spacial score (nSPS) is 26.7. The number of nitrogens with zero attached hydrogens (tertiary/aromatic N) is 1. The molecule has 6 nitrogen and oxygen atoms in total. The van der Waals surface area contributed by atoms with Gasteiger partial charge >= 0.3 is 0 Å². The van der Waals surface area contributed by atoms with Crippen LogP contribution in [0, 0.1) is 0 Å². The molecular formula is C18H26N4O2S. The molecule has 2 aromatic rings. The van der Waals surface area contributed by atoms with Crippen molar-refractivity contribution in [3.63, 3.8) is 0 Å². The van der Waals surface area contributed by atoms with Gasteiger partial charge in [0.15, 0.2) is 0 Å². The zero-order valence-corrected chi connectivity index (χ0v) is 15.6. The third kappa shape index (κ3) is 2.99. The van der Waals surface area contributed by atoms with E-state index < -0.39 is 10.2 Å². The number of nitrogens with one attached hydrogen (secondary N) is 3. The Kier molecular flexibility index (Phi) is 4.35. The number of aromatic amines is 1. The summed E-state index contributed by atoms with van der Waals surface area (Å²) >= 11 is 0. The van der Waals surface area contributed by atoms with Crippen LogP contribution >= 0.6 is 0 Å². The molecule has 1 saturated heterocycles. The van der Waals surface area contributed by atoms with Crippen molar-refractivity contribution < 1.29 is 8.42 Å². The van der Waals surface area contributed by atoms with Gasteiger partial charge in [-0.15, -0.1) is 0 Å². The van der Waals surface area contributed by atoms with Crippen LogP contribution in [0.25, 0.3) is 10.9 Å². The predicted octanol–water partition coefficient (Wildman–Crippen LogP) is 1.71. The summed E-state index contributed by atoms with van der Waals surface area (Å²) in [5.74, 6) is 0.358. The van der Waals surface area contributed by atoms with E-state index in [9.17, 15) is 8.42 Å². The summed E-state index contributed by atoms with van der Waals surface area (Å²) in [6, 6.07) is 6.82. The van der Waals surface area contributed by atoms with E-state index >= 15 is 0 Å². The molecule has 2 heterocycles. The van der Waals surface area contributed by atoms with E-state index in [4.69, 9.17) is 0 Å². The first kappa shape index (κ1) is 17.0. The SMILES string of the molecule is CCCN1C[C@@H](NS(=O)(=O)NC)C[C@@H]2c3cccc4[nH]cc(c34)C[C@H]21. The second-order valence-corrected chi connectivity index (χ2v) is 8.87. The zero-order chi connectivity index (χ0) is 17.6. The van der Waals surface area contributed by atoms with Crippen molar-refractivity contribution in [2.24, 2.45) is 0 Å². The molecule has 0 bridgehead atoms. The molecule has 1 fully saturated rings. The van der Waals surface area contributed by atoms with Crippen molar-refractivity contribution in [1.29, 1.82) is 0 Å². The summed E-state index contributed by atoms with van der Waals surface area (Å²) in [5.41, 5.74) is 3.94. The first-order valence-electron chi connectivity index (χ1n) is 9.06. The number of aromatic nitrogens is 1. The van der Waals surface area contributed by atoms with Crippen molar-refractivity contribution in [3.8, 4) is 0 Å². The van der Waals surface area contributed by atoms with Gasteiger partial charge in [0, 0.05) is 48.7 Å². The summed E-state index contributed by atoms with van der Waals surface area (Å²) in [7, 11) is -1.98. The molecule has 1 aliphatic heterocycles. The average molecular weight is 362 g/mol. The standard InChI is InChI=1S/C18H26N4O2S/c1-3-7-22-11-13(21-25(23,24)19-2)9-15-14-5-4-6-16-18(14)12(10-20-16)8-17(15)22/h4-6,10,13,15,17,19-21H,3,7-9,11H2,1-2H3/t13-,15+,17+/m0/s1. The molecule has 1 aliphatic carbocycles. The third-order valence-electron chi connectivity index (χ3n) is 5.68. The number of rotatable bonds is 5. The van der Waals surface area contributed by atoms with E-state index in [0.29, 0.717) is 12.0 Å². The topological polar surface area (TPSA) is 77.2 Å². The minimum absolute atomic E-state index is 0.0685. The molecule has 1 aromatic carbocycles. The van der Waals surface area contributed by atoms with Crippen molar-refractivity contribution in [1.82, 2.24) is 19.3 Å². The Labute approximate surface area is 149 Å². The fraction of sp³-hybridized carbons (Fsp3) is 0.556. The van der Waals surface area contributed by atoms with E-state index in [1.54, 1.807) is 0 Å². The van der Waals surface area contributed by atoms with Crippen molar-refractivity contribution >= 4 is 21.1 Å². The van der Waals surface area contributed by atoms with Crippen LogP contribution in [0.15, 0.2) is 24.4 Å². The van der Waals surface area contributed by atoms with Gasteiger partial charge in [0.05, 0.1) is 0 Å². The third-order valence-corrected chi connectivity index (χ3v) is 6.86. The Morgan fingerprint density at radius 3 is 2.96 bits per heavy atom. The van der Waals surface area contributed by atoms with Crippen LogP contribution in [0.2, 0.25) is 0 Å². The number of H-pyrrole nitrogens is 1. The van der Waals surface area contributed by atoms with Crippen LogP contribution in [-0.2, 0) is 16.6 Å². The number of likely N-dealkylation sites (tertiary alicyclic amines) is 1. The fourth-order valence-corrected chi connectivity index (χ4v) is 5.43. The molecule has 1 aromatic heterocycles. The maximum atomic E-state index is 12.0. The molecular weight excluding hydrogens is 336 g/mol. The molecule has 0 unspecified atom stereocenters. The van der Waals surface area contributed by atoms with Gasteiger partial charge in [-0.25, -0.2) is 4.72 Å². The quantitative estimate of drug-likeness (QED) is 0.758. The Morgan fingerprint density at radius 1 is 1.36 bits per heavy atom. The first-order chi connectivity index (χ1) is 12.0. The molecule has 0 saturated carbocycles. The van der Waals surface area contributed by atoms with Gasteiger partial charge in [-0.2, -0.15) is 13.1 Å². The zero-order valence-electron chi connectivity index (χ0n) is 14.7. The number of piperidine rings is 1. The molecule has 136 valence electrons. The highest BCUT2D eigenvalue weighted by Crippen LogP contribution is 2.43. The van der Waals surface area contributed by atoms with Crippen molar-refractivity contribution in [2.75, 3.05) is 20.1 Å². The molecule has 0 amide bonds. The van der Waals surface area contributed by atoms with Gasteiger partial charge < -0.3 is 4.98 Å². The van der Waals surface area contributed by atoms with Gasteiger partial charge in [0.25, 0.3) is 10.2 Å². The molecule has 3 N–H and O–H groups in total. The molecule has 2 aliphatic rings.